The molecule has 1 aromatic carbocycles. The molecule has 0 fully saturated rings. The smallest absolute Gasteiger partial charge is 0.303 e. The zero-order valence-corrected chi connectivity index (χ0v) is 17.2. The summed E-state index contributed by atoms with van der Waals surface area (Å²) >= 11 is 1.49. The maximum absolute atomic E-state index is 10.8. The summed E-state index contributed by atoms with van der Waals surface area (Å²) in [6.07, 6.45) is 0.597. The third kappa shape index (κ3) is 8.30. The molecule has 1 aromatic rings. The fourth-order valence-corrected chi connectivity index (χ4v) is 2.44. The third-order valence-corrected chi connectivity index (χ3v) is 3.99. The first kappa shape index (κ1) is 23.3. The number of carboxylic acid groups (broad SMARTS) is 1. The normalized spacial score (nSPS) is 11.3. The van der Waals surface area contributed by atoms with Gasteiger partial charge in [-0.05, 0) is 44.8 Å². The zero-order valence-electron chi connectivity index (χ0n) is 16.3. The van der Waals surface area contributed by atoms with Crippen molar-refractivity contribution in [1.82, 2.24) is 0 Å². The van der Waals surface area contributed by atoms with E-state index in [1.54, 1.807) is 10.8 Å². The molecule has 3 nitrogen and oxygen atoms in total. The lowest BCUT2D eigenvalue weighted by Gasteiger charge is -2.28. The van der Waals surface area contributed by atoms with Crippen LogP contribution in [0.25, 0.3) is 0 Å². The summed E-state index contributed by atoms with van der Waals surface area (Å²) in [6, 6.07) is 3.88. The van der Waals surface area contributed by atoms with Gasteiger partial charge in [0.2, 0.25) is 0 Å². The van der Waals surface area contributed by atoms with Gasteiger partial charge < -0.3 is 10.2 Å². The average molecular weight is 365 g/mol. The van der Waals surface area contributed by atoms with Crippen LogP contribution in [0.5, 0.6) is 5.75 Å². The number of aryl methyl sites for hydroxylation is 1. The number of carbonyl (C=O) groups is 1. The molecule has 0 atom stereocenters. The van der Waals surface area contributed by atoms with Gasteiger partial charge in [0.1, 0.15) is 5.75 Å². The van der Waals surface area contributed by atoms with E-state index in [-0.39, 0.29) is 17.3 Å². The van der Waals surface area contributed by atoms with Crippen LogP contribution < -0.4 is 0 Å². The van der Waals surface area contributed by atoms with Crippen LogP contribution in [0, 0.1) is 0 Å². The van der Waals surface area contributed by atoms with Crippen molar-refractivity contribution in [2.75, 3.05) is 0 Å². The molecule has 1 rings (SSSR count). The number of aromatic hydroxyl groups is 1. The van der Waals surface area contributed by atoms with Crippen LogP contribution in [0.1, 0.15) is 64.7 Å². The Morgan fingerprint density at radius 2 is 1.44 bits per heavy atom. The Hall–Kier alpha value is -1.68. The minimum atomic E-state index is -0.798. The van der Waals surface area contributed by atoms with Crippen LogP contribution in [0.15, 0.2) is 36.1 Å². The number of aliphatic carboxylic acids is 1. The summed E-state index contributed by atoms with van der Waals surface area (Å²) in [4.78, 5) is 10.8. The van der Waals surface area contributed by atoms with Crippen LogP contribution >= 0.6 is 11.8 Å². The third-order valence-electron chi connectivity index (χ3n) is 3.61. The SMILES string of the molecule is C=CSC=C.CC(C)(C)c1cc(CCC(=O)O)cc(C(C)(C)C)c1O. The van der Waals surface area contributed by atoms with Gasteiger partial charge in [-0.25, -0.2) is 0 Å². The van der Waals surface area contributed by atoms with E-state index in [9.17, 15) is 9.90 Å². The van der Waals surface area contributed by atoms with Gasteiger partial charge >= 0.3 is 5.97 Å². The summed E-state index contributed by atoms with van der Waals surface area (Å²) < 4.78 is 0. The number of benzene rings is 1. The molecule has 0 spiro atoms. The molecule has 0 unspecified atom stereocenters. The van der Waals surface area contributed by atoms with E-state index < -0.39 is 5.97 Å². The molecule has 0 saturated heterocycles. The average Bonchev–Trinajstić information content (AvgIpc) is 2.45. The Labute approximate surface area is 156 Å². The van der Waals surface area contributed by atoms with Crippen molar-refractivity contribution in [2.24, 2.45) is 0 Å². The summed E-state index contributed by atoms with van der Waals surface area (Å²) in [7, 11) is 0. The quantitative estimate of drug-likeness (QED) is 0.671. The van der Waals surface area contributed by atoms with Crippen LogP contribution in [0.2, 0.25) is 0 Å². The van der Waals surface area contributed by atoms with Crippen molar-refractivity contribution < 1.29 is 15.0 Å². The molecule has 0 aliphatic carbocycles. The number of phenolic OH excluding ortho intramolecular Hbond substituents is 1. The molecule has 0 radical (unpaired) electrons. The summed E-state index contributed by atoms with van der Waals surface area (Å²) in [5.41, 5.74) is 2.38. The largest absolute Gasteiger partial charge is 0.507 e. The van der Waals surface area contributed by atoms with E-state index in [0.29, 0.717) is 12.2 Å². The van der Waals surface area contributed by atoms with Crippen LogP contribution in [-0.2, 0) is 22.0 Å². The van der Waals surface area contributed by atoms with Crippen molar-refractivity contribution in [3.8, 4) is 5.75 Å². The molecule has 0 amide bonds. The summed E-state index contributed by atoms with van der Waals surface area (Å²) in [5, 5.41) is 22.8. The Balaban J connectivity index is 0.00000101. The van der Waals surface area contributed by atoms with Gasteiger partial charge in [-0.2, -0.15) is 0 Å². The lowest BCUT2D eigenvalue weighted by atomic mass is 9.78. The van der Waals surface area contributed by atoms with Gasteiger partial charge in [-0.1, -0.05) is 66.8 Å². The van der Waals surface area contributed by atoms with E-state index in [1.807, 2.05) is 12.1 Å². The minimum Gasteiger partial charge on any atom is -0.507 e. The van der Waals surface area contributed by atoms with Crippen molar-refractivity contribution in [1.29, 1.82) is 0 Å². The second-order valence-electron chi connectivity index (χ2n) is 7.90. The predicted molar refractivity (Wildman–Crippen MR) is 109 cm³/mol. The maximum Gasteiger partial charge on any atom is 0.303 e. The monoisotopic (exact) mass is 364 g/mol. The maximum atomic E-state index is 10.8. The minimum absolute atomic E-state index is 0.109. The molecule has 0 bridgehead atoms. The lowest BCUT2D eigenvalue weighted by molar-refractivity contribution is -0.136. The van der Waals surface area contributed by atoms with Gasteiger partial charge in [0, 0.05) is 6.42 Å². The fourth-order valence-electron chi connectivity index (χ4n) is 2.30. The van der Waals surface area contributed by atoms with Crippen molar-refractivity contribution >= 4 is 17.7 Å². The summed E-state index contributed by atoms with van der Waals surface area (Å²) in [5.74, 6) is -0.461. The first-order chi connectivity index (χ1) is 11.3. The van der Waals surface area contributed by atoms with Gasteiger partial charge in [0.15, 0.2) is 0 Å². The van der Waals surface area contributed by atoms with E-state index in [0.717, 1.165) is 16.7 Å². The highest BCUT2D eigenvalue weighted by Crippen LogP contribution is 2.39. The van der Waals surface area contributed by atoms with Crippen molar-refractivity contribution in [3.63, 3.8) is 0 Å². The standard InChI is InChI=1S/C17H26O3.C4H6S/c1-16(2,3)12-9-11(7-8-14(18)19)10-13(15(12)20)17(4,5)6;1-3-5-4-2/h9-10,20H,7-8H2,1-6H3,(H,18,19);3-4H,1-2H2. The molecule has 4 heteroatoms. The number of phenols is 1. The number of hydrogen-bond acceptors (Lipinski definition) is 3. The number of rotatable bonds is 5. The Kier molecular flexibility index (Phi) is 9.06. The van der Waals surface area contributed by atoms with E-state index in [2.05, 4.69) is 54.7 Å². The molecular weight excluding hydrogens is 332 g/mol. The van der Waals surface area contributed by atoms with Crippen LogP contribution in [0.4, 0.5) is 0 Å². The molecule has 25 heavy (non-hydrogen) atoms. The number of hydrogen-bond donors (Lipinski definition) is 2. The summed E-state index contributed by atoms with van der Waals surface area (Å²) in [6.45, 7) is 19.2. The van der Waals surface area contributed by atoms with Crippen LogP contribution in [0.3, 0.4) is 0 Å². The first-order valence-corrected chi connectivity index (χ1v) is 9.24. The molecule has 0 aliphatic heterocycles. The Bertz CT molecular complexity index is 564. The molecule has 0 aliphatic rings. The van der Waals surface area contributed by atoms with Crippen LogP contribution in [-0.4, -0.2) is 16.2 Å². The molecule has 0 aromatic heterocycles. The molecule has 0 saturated carbocycles. The second-order valence-corrected chi connectivity index (χ2v) is 8.84. The van der Waals surface area contributed by atoms with Gasteiger partial charge in [0.05, 0.1) is 0 Å². The van der Waals surface area contributed by atoms with E-state index in [4.69, 9.17) is 5.11 Å². The van der Waals surface area contributed by atoms with Gasteiger partial charge in [-0.3, -0.25) is 4.79 Å². The second kappa shape index (κ2) is 9.71. The fraction of sp³-hybridized carbons (Fsp3) is 0.476. The number of carboxylic acids is 1. The lowest BCUT2D eigenvalue weighted by Crippen LogP contribution is -2.18. The molecule has 2 N–H and O–H groups in total. The molecular formula is C21H32O3S. The zero-order chi connectivity index (χ0) is 19.8. The van der Waals surface area contributed by atoms with Crippen molar-refractivity contribution in [3.05, 3.63) is 52.8 Å². The Morgan fingerprint density at radius 3 is 1.68 bits per heavy atom. The van der Waals surface area contributed by atoms with E-state index in [1.165, 1.54) is 11.8 Å². The molecule has 0 heterocycles. The number of thioether (sulfide) groups is 1. The van der Waals surface area contributed by atoms with Crippen molar-refractivity contribution in [2.45, 2.75) is 65.2 Å². The van der Waals surface area contributed by atoms with E-state index >= 15 is 0 Å². The van der Waals surface area contributed by atoms with Gasteiger partial charge in [0.25, 0.3) is 0 Å². The predicted octanol–water partition coefficient (Wildman–Crippen LogP) is 6.01. The highest BCUT2D eigenvalue weighted by Gasteiger charge is 2.26. The highest BCUT2D eigenvalue weighted by atomic mass is 32.2. The first-order valence-electron chi connectivity index (χ1n) is 8.30. The molecule has 140 valence electrons. The topological polar surface area (TPSA) is 57.5 Å². The van der Waals surface area contributed by atoms with Gasteiger partial charge in [-0.15, -0.1) is 11.8 Å². The highest BCUT2D eigenvalue weighted by molar-refractivity contribution is 8.04. The Morgan fingerprint density at radius 1 is 1.04 bits per heavy atom.